The van der Waals surface area contributed by atoms with Gasteiger partial charge in [-0.3, -0.25) is 9.78 Å². The Hall–Kier alpha value is -2.07. The van der Waals surface area contributed by atoms with Crippen LogP contribution in [0.15, 0.2) is 30.6 Å². The molecule has 0 aliphatic heterocycles. The Bertz CT molecular complexity index is 618. The minimum atomic E-state index is -0.422. The number of hydrogen-bond acceptors (Lipinski definition) is 3. The van der Waals surface area contributed by atoms with Crippen molar-refractivity contribution in [3.63, 3.8) is 0 Å². The van der Waals surface area contributed by atoms with Gasteiger partial charge in [0.25, 0.3) is 5.91 Å². The van der Waals surface area contributed by atoms with Crippen molar-refractivity contribution in [2.45, 2.75) is 13.8 Å². The van der Waals surface area contributed by atoms with Crippen LogP contribution in [0, 0.1) is 13.8 Å². The van der Waals surface area contributed by atoms with Crippen molar-refractivity contribution < 1.29 is 9.90 Å². The van der Waals surface area contributed by atoms with E-state index in [4.69, 9.17) is 11.6 Å². The summed E-state index contributed by atoms with van der Waals surface area (Å²) in [5.74, 6) is -0.588. The predicted octanol–water partition coefficient (Wildman–Crippen LogP) is 3.31. The van der Waals surface area contributed by atoms with E-state index in [9.17, 15) is 9.90 Å². The number of aromatic nitrogens is 1. The van der Waals surface area contributed by atoms with Crippen molar-refractivity contribution in [1.82, 2.24) is 4.98 Å². The van der Waals surface area contributed by atoms with Crippen molar-refractivity contribution in [2.24, 2.45) is 0 Å². The van der Waals surface area contributed by atoms with Crippen LogP contribution in [-0.2, 0) is 0 Å². The third kappa shape index (κ3) is 2.85. The van der Waals surface area contributed by atoms with Crippen LogP contribution in [0.1, 0.15) is 21.5 Å². The van der Waals surface area contributed by atoms with Crippen LogP contribution in [0.2, 0.25) is 5.02 Å². The fourth-order valence-corrected chi connectivity index (χ4v) is 2.20. The minimum absolute atomic E-state index is 0.158. The standard InChI is InChI=1S/C14H13ClN2O2/c1-8-5-9(2)13(11(15)6-8)17-14(19)10-3-4-16-7-12(10)18/h3-7,18H,1-2H3,(H,17,19). The van der Waals surface area contributed by atoms with Gasteiger partial charge in [-0.15, -0.1) is 0 Å². The summed E-state index contributed by atoms with van der Waals surface area (Å²) in [5.41, 5.74) is 2.60. The molecule has 1 heterocycles. The van der Waals surface area contributed by atoms with Gasteiger partial charge < -0.3 is 10.4 Å². The molecule has 1 amide bonds. The van der Waals surface area contributed by atoms with Crippen molar-refractivity contribution in [1.29, 1.82) is 0 Å². The zero-order valence-electron chi connectivity index (χ0n) is 10.6. The van der Waals surface area contributed by atoms with E-state index >= 15 is 0 Å². The lowest BCUT2D eigenvalue weighted by atomic mass is 10.1. The molecule has 19 heavy (non-hydrogen) atoms. The van der Waals surface area contributed by atoms with Crippen molar-refractivity contribution in [3.8, 4) is 5.75 Å². The summed E-state index contributed by atoms with van der Waals surface area (Å²) in [7, 11) is 0. The topological polar surface area (TPSA) is 62.2 Å². The number of pyridine rings is 1. The first-order valence-electron chi connectivity index (χ1n) is 5.70. The van der Waals surface area contributed by atoms with E-state index in [-0.39, 0.29) is 11.3 Å². The molecule has 1 aromatic carbocycles. The van der Waals surface area contributed by atoms with Gasteiger partial charge in [0.2, 0.25) is 0 Å². The van der Waals surface area contributed by atoms with E-state index in [0.717, 1.165) is 11.1 Å². The highest BCUT2D eigenvalue weighted by molar-refractivity contribution is 6.34. The van der Waals surface area contributed by atoms with Gasteiger partial charge in [-0.05, 0) is 37.1 Å². The van der Waals surface area contributed by atoms with E-state index in [1.54, 1.807) is 6.07 Å². The summed E-state index contributed by atoms with van der Waals surface area (Å²) in [5, 5.41) is 12.8. The maximum atomic E-state index is 12.1. The molecule has 0 bridgehead atoms. The summed E-state index contributed by atoms with van der Waals surface area (Å²) in [4.78, 5) is 15.8. The molecule has 0 saturated heterocycles. The Morgan fingerprint density at radius 2 is 2.11 bits per heavy atom. The van der Waals surface area contributed by atoms with Crippen LogP contribution in [0.4, 0.5) is 5.69 Å². The fourth-order valence-electron chi connectivity index (χ4n) is 1.83. The average molecular weight is 277 g/mol. The van der Waals surface area contributed by atoms with E-state index in [2.05, 4.69) is 10.3 Å². The number of aryl methyl sites for hydroxylation is 2. The number of anilines is 1. The van der Waals surface area contributed by atoms with Gasteiger partial charge in [0.1, 0.15) is 5.75 Å². The fraction of sp³-hybridized carbons (Fsp3) is 0.143. The lowest BCUT2D eigenvalue weighted by Gasteiger charge is -2.12. The number of rotatable bonds is 2. The third-order valence-corrected chi connectivity index (χ3v) is 3.01. The molecule has 0 fully saturated rings. The van der Waals surface area contributed by atoms with Gasteiger partial charge in [0, 0.05) is 6.20 Å². The molecule has 0 aliphatic rings. The van der Waals surface area contributed by atoms with E-state index < -0.39 is 5.91 Å². The molecular formula is C14H13ClN2O2. The first-order valence-corrected chi connectivity index (χ1v) is 6.08. The predicted molar refractivity (Wildman–Crippen MR) is 74.8 cm³/mol. The highest BCUT2D eigenvalue weighted by Gasteiger charge is 2.14. The smallest absolute Gasteiger partial charge is 0.259 e. The molecule has 0 atom stereocenters. The molecule has 2 aromatic rings. The lowest BCUT2D eigenvalue weighted by Crippen LogP contribution is -2.13. The van der Waals surface area contributed by atoms with Gasteiger partial charge in [0.15, 0.2) is 0 Å². The highest BCUT2D eigenvalue weighted by Crippen LogP contribution is 2.28. The van der Waals surface area contributed by atoms with Gasteiger partial charge in [-0.2, -0.15) is 0 Å². The Labute approximate surface area is 116 Å². The Balaban J connectivity index is 2.32. The molecule has 0 aliphatic carbocycles. The second-order valence-corrected chi connectivity index (χ2v) is 4.69. The van der Waals surface area contributed by atoms with Crippen LogP contribution in [0.25, 0.3) is 0 Å². The molecule has 0 saturated carbocycles. The number of aromatic hydroxyl groups is 1. The molecule has 2 rings (SSSR count). The number of nitrogens with zero attached hydrogens (tertiary/aromatic N) is 1. The zero-order valence-corrected chi connectivity index (χ0v) is 11.3. The second kappa shape index (κ2) is 5.28. The lowest BCUT2D eigenvalue weighted by molar-refractivity contribution is 0.102. The Morgan fingerprint density at radius 1 is 1.37 bits per heavy atom. The SMILES string of the molecule is Cc1cc(C)c(NC(=O)c2ccncc2O)c(Cl)c1. The Kier molecular flexibility index (Phi) is 3.71. The van der Waals surface area contributed by atoms with Gasteiger partial charge in [-0.25, -0.2) is 0 Å². The molecule has 5 heteroatoms. The van der Waals surface area contributed by atoms with Crippen molar-refractivity contribution in [3.05, 3.63) is 52.3 Å². The number of halogens is 1. The number of carbonyl (C=O) groups excluding carboxylic acids is 1. The van der Waals surface area contributed by atoms with Gasteiger partial charge in [-0.1, -0.05) is 17.7 Å². The molecule has 0 unspecified atom stereocenters. The van der Waals surface area contributed by atoms with Crippen LogP contribution in [0.5, 0.6) is 5.75 Å². The molecule has 2 N–H and O–H groups in total. The van der Waals surface area contributed by atoms with Crippen LogP contribution in [0.3, 0.4) is 0 Å². The zero-order chi connectivity index (χ0) is 14.0. The van der Waals surface area contributed by atoms with Gasteiger partial charge in [0.05, 0.1) is 22.5 Å². The van der Waals surface area contributed by atoms with Crippen LogP contribution in [-0.4, -0.2) is 16.0 Å². The summed E-state index contributed by atoms with van der Waals surface area (Å²) < 4.78 is 0. The highest BCUT2D eigenvalue weighted by atomic mass is 35.5. The minimum Gasteiger partial charge on any atom is -0.505 e. The maximum absolute atomic E-state index is 12.1. The number of hydrogen-bond donors (Lipinski definition) is 2. The molecule has 98 valence electrons. The van der Waals surface area contributed by atoms with Crippen LogP contribution >= 0.6 is 11.6 Å². The quantitative estimate of drug-likeness (QED) is 0.884. The van der Waals surface area contributed by atoms with E-state index in [1.807, 2.05) is 19.9 Å². The monoisotopic (exact) mass is 276 g/mol. The van der Waals surface area contributed by atoms with E-state index in [1.165, 1.54) is 18.5 Å². The second-order valence-electron chi connectivity index (χ2n) is 4.29. The van der Waals surface area contributed by atoms with Crippen LogP contribution < -0.4 is 5.32 Å². The molecular weight excluding hydrogens is 264 g/mol. The Morgan fingerprint density at radius 3 is 2.74 bits per heavy atom. The molecule has 4 nitrogen and oxygen atoms in total. The summed E-state index contributed by atoms with van der Waals surface area (Å²) >= 11 is 6.12. The molecule has 1 aromatic heterocycles. The first kappa shape index (κ1) is 13.4. The summed E-state index contributed by atoms with van der Waals surface area (Å²) in [6.45, 7) is 3.79. The third-order valence-electron chi connectivity index (χ3n) is 2.71. The first-order chi connectivity index (χ1) is 8.99. The van der Waals surface area contributed by atoms with Crippen molar-refractivity contribution >= 4 is 23.2 Å². The summed E-state index contributed by atoms with van der Waals surface area (Å²) in [6.07, 6.45) is 2.66. The number of nitrogens with one attached hydrogen (secondary N) is 1. The number of amides is 1. The van der Waals surface area contributed by atoms with Gasteiger partial charge >= 0.3 is 0 Å². The number of carbonyl (C=O) groups is 1. The largest absolute Gasteiger partial charge is 0.505 e. The molecule has 0 spiro atoms. The summed E-state index contributed by atoms with van der Waals surface area (Å²) in [6, 6.07) is 5.15. The average Bonchev–Trinajstić information content (AvgIpc) is 2.34. The maximum Gasteiger partial charge on any atom is 0.259 e. The molecule has 0 radical (unpaired) electrons. The van der Waals surface area contributed by atoms with Crippen molar-refractivity contribution in [2.75, 3.05) is 5.32 Å². The number of benzene rings is 1. The van der Waals surface area contributed by atoms with E-state index in [0.29, 0.717) is 10.7 Å². The normalized spacial score (nSPS) is 10.3.